The number of carbonyl (C=O) groups is 2. The van der Waals surface area contributed by atoms with Gasteiger partial charge in [0.05, 0.1) is 0 Å². The Kier molecular flexibility index (Phi) is 11.6. The molecule has 0 aromatic heterocycles. The summed E-state index contributed by atoms with van der Waals surface area (Å²) < 4.78 is 5.00. The van der Waals surface area contributed by atoms with Crippen molar-refractivity contribution in [3.8, 4) is 0 Å². The van der Waals surface area contributed by atoms with Gasteiger partial charge in [0, 0.05) is 12.1 Å². The third kappa shape index (κ3) is 11.5. The van der Waals surface area contributed by atoms with E-state index in [1.54, 1.807) is 27.7 Å². The van der Waals surface area contributed by atoms with Gasteiger partial charge in [-0.05, 0) is 52.4 Å². The fourth-order valence-corrected chi connectivity index (χ4v) is 3.99. The van der Waals surface area contributed by atoms with Crippen molar-refractivity contribution >= 4 is 12.1 Å². The van der Waals surface area contributed by atoms with E-state index in [0.717, 1.165) is 12.1 Å². The highest BCUT2D eigenvalue weighted by molar-refractivity contribution is 5.80. The third-order valence-corrected chi connectivity index (χ3v) is 5.83. The lowest BCUT2D eigenvalue weighted by Crippen LogP contribution is -2.46. The molecule has 0 radical (unpaired) electrons. The first-order chi connectivity index (χ1) is 13.6. The van der Waals surface area contributed by atoms with Gasteiger partial charge in [0.15, 0.2) is 0 Å². The summed E-state index contributed by atoms with van der Waals surface area (Å²) in [5.41, 5.74) is -0.622. The SMILES string of the molecule is C1CCC(NC2CCCCC2)CC1.CC[C@H](C)[C@H](NC(=O)OC(C)(C)C)C(=O)O. The Labute approximate surface area is 177 Å². The molecular weight excluding hydrogens is 368 g/mol. The van der Waals surface area contributed by atoms with E-state index in [1.165, 1.54) is 64.2 Å². The number of nitrogens with one attached hydrogen (secondary N) is 2. The molecule has 0 spiro atoms. The molecule has 2 atom stereocenters. The van der Waals surface area contributed by atoms with Crippen molar-refractivity contribution in [1.29, 1.82) is 0 Å². The normalized spacial score (nSPS) is 20.7. The number of alkyl carbamates (subject to hydrolysis) is 1. The van der Waals surface area contributed by atoms with Crippen LogP contribution >= 0.6 is 0 Å². The molecule has 2 fully saturated rings. The highest BCUT2D eigenvalue weighted by atomic mass is 16.6. The van der Waals surface area contributed by atoms with Crippen LogP contribution in [0.5, 0.6) is 0 Å². The molecule has 0 aromatic carbocycles. The Morgan fingerprint density at radius 1 is 0.966 bits per heavy atom. The standard InChI is InChI=1S/C12H23N.C11H21NO4/c1-3-7-11(8-4-1)13-12-9-5-2-6-10-12;1-6-7(2)8(9(13)14)12-10(15)16-11(3,4)5/h11-13H,1-10H2;7-8H,6H2,1-5H3,(H,12,15)(H,13,14)/t;7-,8-/m.0/s1. The molecule has 0 aliphatic heterocycles. The van der Waals surface area contributed by atoms with Crippen molar-refractivity contribution in [2.24, 2.45) is 5.92 Å². The van der Waals surface area contributed by atoms with Crippen LogP contribution in [0.15, 0.2) is 0 Å². The lowest BCUT2D eigenvalue weighted by Gasteiger charge is -2.30. The summed E-state index contributed by atoms with van der Waals surface area (Å²) in [5, 5.41) is 15.2. The zero-order chi connectivity index (χ0) is 21.9. The maximum atomic E-state index is 11.4. The number of rotatable bonds is 6. The van der Waals surface area contributed by atoms with Gasteiger partial charge in [0.1, 0.15) is 11.6 Å². The molecule has 2 aliphatic rings. The fraction of sp³-hybridized carbons (Fsp3) is 0.913. The second-order valence-electron chi connectivity index (χ2n) is 9.68. The third-order valence-electron chi connectivity index (χ3n) is 5.83. The second-order valence-corrected chi connectivity index (χ2v) is 9.68. The summed E-state index contributed by atoms with van der Waals surface area (Å²) in [4.78, 5) is 22.3. The molecule has 0 saturated heterocycles. The largest absolute Gasteiger partial charge is 0.480 e. The van der Waals surface area contributed by atoms with Gasteiger partial charge < -0.3 is 20.5 Å². The zero-order valence-electron chi connectivity index (χ0n) is 19.3. The maximum absolute atomic E-state index is 11.4. The van der Waals surface area contributed by atoms with Crippen LogP contribution in [0.1, 0.15) is 105 Å². The van der Waals surface area contributed by atoms with E-state index in [0.29, 0.717) is 6.42 Å². The number of ether oxygens (including phenoxy) is 1. The molecule has 0 unspecified atom stereocenters. The van der Waals surface area contributed by atoms with Crippen LogP contribution in [0.3, 0.4) is 0 Å². The van der Waals surface area contributed by atoms with Crippen LogP contribution in [-0.4, -0.2) is 40.9 Å². The quantitative estimate of drug-likeness (QED) is 0.554. The van der Waals surface area contributed by atoms with Crippen LogP contribution in [-0.2, 0) is 9.53 Å². The highest BCUT2D eigenvalue weighted by Crippen LogP contribution is 2.22. The Hall–Kier alpha value is -1.30. The molecule has 0 heterocycles. The molecular formula is C23H44N2O4. The minimum Gasteiger partial charge on any atom is -0.480 e. The summed E-state index contributed by atoms with van der Waals surface area (Å²) in [6.07, 6.45) is 14.5. The van der Waals surface area contributed by atoms with E-state index < -0.39 is 23.7 Å². The number of aliphatic carboxylic acids is 1. The van der Waals surface area contributed by atoms with Crippen molar-refractivity contribution < 1.29 is 19.4 Å². The van der Waals surface area contributed by atoms with Crippen molar-refractivity contribution in [2.75, 3.05) is 0 Å². The van der Waals surface area contributed by atoms with E-state index in [2.05, 4.69) is 10.6 Å². The van der Waals surface area contributed by atoms with E-state index in [9.17, 15) is 9.59 Å². The van der Waals surface area contributed by atoms with Gasteiger partial charge >= 0.3 is 12.1 Å². The van der Waals surface area contributed by atoms with E-state index in [4.69, 9.17) is 9.84 Å². The molecule has 0 aromatic rings. The van der Waals surface area contributed by atoms with Gasteiger partial charge in [0.25, 0.3) is 0 Å². The molecule has 6 heteroatoms. The van der Waals surface area contributed by atoms with E-state index >= 15 is 0 Å². The summed E-state index contributed by atoms with van der Waals surface area (Å²) in [6, 6.07) is 0.841. The topological polar surface area (TPSA) is 87.7 Å². The molecule has 2 saturated carbocycles. The molecule has 0 bridgehead atoms. The monoisotopic (exact) mass is 412 g/mol. The first kappa shape index (κ1) is 25.7. The fourth-order valence-electron chi connectivity index (χ4n) is 3.99. The van der Waals surface area contributed by atoms with Crippen LogP contribution in [0.4, 0.5) is 4.79 Å². The van der Waals surface area contributed by atoms with Crippen LogP contribution < -0.4 is 10.6 Å². The minimum absolute atomic E-state index is 0.134. The average Bonchev–Trinajstić information content (AvgIpc) is 2.66. The Balaban J connectivity index is 0.000000294. The van der Waals surface area contributed by atoms with E-state index in [1.807, 2.05) is 6.92 Å². The van der Waals surface area contributed by atoms with Gasteiger partial charge in [-0.3, -0.25) is 0 Å². The van der Waals surface area contributed by atoms with Crippen LogP contribution in [0.2, 0.25) is 0 Å². The zero-order valence-corrected chi connectivity index (χ0v) is 19.3. The van der Waals surface area contributed by atoms with Crippen molar-refractivity contribution in [3.05, 3.63) is 0 Å². The number of amides is 1. The summed E-state index contributed by atoms with van der Waals surface area (Å²) in [6.45, 7) is 8.83. The number of hydrogen-bond acceptors (Lipinski definition) is 4. The lowest BCUT2D eigenvalue weighted by molar-refractivity contribution is -0.140. The number of carbonyl (C=O) groups excluding carboxylic acids is 1. The second kappa shape index (κ2) is 13.1. The Morgan fingerprint density at radius 3 is 1.76 bits per heavy atom. The molecule has 29 heavy (non-hydrogen) atoms. The number of hydrogen-bond donors (Lipinski definition) is 3. The predicted octanol–water partition coefficient (Wildman–Crippen LogP) is 5.25. The van der Waals surface area contributed by atoms with Crippen LogP contribution in [0.25, 0.3) is 0 Å². The molecule has 2 rings (SSSR count). The summed E-state index contributed by atoms with van der Waals surface area (Å²) in [7, 11) is 0. The van der Waals surface area contributed by atoms with Gasteiger partial charge in [-0.15, -0.1) is 0 Å². The number of carboxylic acid groups (broad SMARTS) is 1. The van der Waals surface area contributed by atoms with Crippen LogP contribution in [0, 0.1) is 5.92 Å². The summed E-state index contributed by atoms with van der Waals surface area (Å²) >= 11 is 0. The first-order valence-corrected chi connectivity index (χ1v) is 11.6. The van der Waals surface area contributed by atoms with Crippen molar-refractivity contribution in [3.63, 3.8) is 0 Å². The summed E-state index contributed by atoms with van der Waals surface area (Å²) in [5.74, 6) is -1.18. The number of carboxylic acids is 1. The minimum atomic E-state index is -1.04. The van der Waals surface area contributed by atoms with Gasteiger partial charge in [-0.25, -0.2) is 9.59 Å². The van der Waals surface area contributed by atoms with Gasteiger partial charge in [0.2, 0.25) is 0 Å². The molecule has 1 amide bonds. The Bertz CT molecular complexity index is 462. The molecule has 3 N–H and O–H groups in total. The molecule has 6 nitrogen and oxygen atoms in total. The Morgan fingerprint density at radius 2 is 1.41 bits per heavy atom. The molecule has 2 aliphatic carbocycles. The van der Waals surface area contributed by atoms with E-state index in [-0.39, 0.29) is 5.92 Å². The van der Waals surface area contributed by atoms with Crippen molar-refractivity contribution in [2.45, 2.75) is 129 Å². The lowest BCUT2D eigenvalue weighted by atomic mass is 9.91. The smallest absolute Gasteiger partial charge is 0.408 e. The molecule has 170 valence electrons. The maximum Gasteiger partial charge on any atom is 0.408 e. The highest BCUT2D eigenvalue weighted by Gasteiger charge is 2.27. The average molecular weight is 413 g/mol. The van der Waals surface area contributed by atoms with Gasteiger partial charge in [-0.2, -0.15) is 0 Å². The predicted molar refractivity (Wildman–Crippen MR) is 117 cm³/mol. The first-order valence-electron chi connectivity index (χ1n) is 11.6. The van der Waals surface area contributed by atoms with Gasteiger partial charge in [-0.1, -0.05) is 58.8 Å². The van der Waals surface area contributed by atoms with Crippen molar-refractivity contribution in [1.82, 2.24) is 10.6 Å².